The number of pyridine rings is 1. The minimum Gasteiger partial charge on any atom is -0.255 e. The smallest absolute Gasteiger partial charge is 0.0801 e. The molecule has 0 spiro atoms. The lowest BCUT2D eigenvalue weighted by molar-refractivity contribution is 1.34. The van der Waals surface area contributed by atoms with Crippen LogP contribution in [0.3, 0.4) is 0 Å². The second kappa shape index (κ2) is 4.75. The summed E-state index contributed by atoms with van der Waals surface area (Å²) in [5, 5.41) is 0. The molecule has 88 valence electrons. The first kappa shape index (κ1) is 11.2. The number of rotatable bonds is 2. The molecule has 0 saturated heterocycles. The zero-order valence-corrected chi connectivity index (χ0v) is 10.9. The Labute approximate surface area is 111 Å². The molecule has 0 atom stereocenters. The topological polar surface area (TPSA) is 12.9 Å². The van der Waals surface area contributed by atoms with Crippen molar-refractivity contribution in [1.82, 2.24) is 4.98 Å². The van der Waals surface area contributed by atoms with Gasteiger partial charge in [0.15, 0.2) is 0 Å². The summed E-state index contributed by atoms with van der Waals surface area (Å²) in [7, 11) is 0. The van der Waals surface area contributed by atoms with E-state index in [1.807, 2.05) is 24.4 Å². The Hall–Kier alpha value is -1.93. The highest BCUT2D eigenvalue weighted by Gasteiger charge is 2.09. The van der Waals surface area contributed by atoms with E-state index in [1.54, 1.807) is 11.3 Å². The second-order valence-electron chi connectivity index (χ2n) is 4.20. The van der Waals surface area contributed by atoms with Crippen molar-refractivity contribution >= 4 is 11.3 Å². The van der Waals surface area contributed by atoms with Crippen LogP contribution in [0.2, 0.25) is 0 Å². The van der Waals surface area contributed by atoms with Crippen LogP contribution < -0.4 is 0 Å². The molecule has 1 nitrogen and oxygen atoms in total. The fourth-order valence-corrected chi connectivity index (χ4v) is 3.15. The maximum absolute atomic E-state index is 4.41. The van der Waals surface area contributed by atoms with Crippen molar-refractivity contribution < 1.29 is 0 Å². The molecule has 0 saturated carbocycles. The van der Waals surface area contributed by atoms with Crippen molar-refractivity contribution in [2.75, 3.05) is 0 Å². The summed E-state index contributed by atoms with van der Waals surface area (Å²) >= 11 is 1.80. The lowest BCUT2D eigenvalue weighted by atomic mass is 10.1. The van der Waals surface area contributed by atoms with Gasteiger partial charge in [0.05, 0.1) is 10.6 Å². The van der Waals surface area contributed by atoms with Gasteiger partial charge < -0.3 is 0 Å². The average Bonchev–Trinajstić information content (AvgIpc) is 2.83. The zero-order valence-electron chi connectivity index (χ0n) is 10.1. The SMILES string of the molecule is Cc1cc(-c2ccccn2)sc1-c1ccccc1. The Morgan fingerprint density at radius 2 is 1.72 bits per heavy atom. The number of hydrogen-bond acceptors (Lipinski definition) is 2. The van der Waals surface area contributed by atoms with Crippen molar-refractivity contribution in [2.24, 2.45) is 0 Å². The van der Waals surface area contributed by atoms with Gasteiger partial charge in [0, 0.05) is 11.1 Å². The Balaban J connectivity index is 2.07. The number of aromatic nitrogens is 1. The summed E-state index contributed by atoms with van der Waals surface area (Å²) < 4.78 is 0. The van der Waals surface area contributed by atoms with Gasteiger partial charge >= 0.3 is 0 Å². The maximum atomic E-state index is 4.41. The van der Waals surface area contributed by atoms with Crippen LogP contribution >= 0.6 is 11.3 Å². The van der Waals surface area contributed by atoms with Crippen molar-refractivity contribution in [1.29, 1.82) is 0 Å². The zero-order chi connectivity index (χ0) is 12.4. The highest BCUT2D eigenvalue weighted by molar-refractivity contribution is 7.19. The minimum atomic E-state index is 1.05. The molecule has 0 aliphatic carbocycles. The standard InChI is InChI=1S/C16H13NS/c1-12-11-15(14-9-5-6-10-17-14)18-16(12)13-7-3-2-4-8-13/h2-11H,1H3. The fraction of sp³-hybridized carbons (Fsp3) is 0.0625. The van der Waals surface area contributed by atoms with E-state index in [-0.39, 0.29) is 0 Å². The molecule has 2 heteroatoms. The van der Waals surface area contributed by atoms with E-state index in [9.17, 15) is 0 Å². The second-order valence-corrected chi connectivity index (χ2v) is 5.26. The largest absolute Gasteiger partial charge is 0.255 e. The summed E-state index contributed by atoms with van der Waals surface area (Å²) in [4.78, 5) is 6.97. The van der Waals surface area contributed by atoms with Crippen molar-refractivity contribution in [3.05, 3.63) is 66.4 Å². The molecule has 3 rings (SSSR count). The normalized spacial score (nSPS) is 10.5. The van der Waals surface area contributed by atoms with Crippen LogP contribution in [0.15, 0.2) is 60.8 Å². The summed E-state index contributed by atoms with van der Waals surface area (Å²) in [6.45, 7) is 2.16. The van der Waals surface area contributed by atoms with Gasteiger partial charge in [-0.25, -0.2) is 0 Å². The van der Waals surface area contributed by atoms with Crippen molar-refractivity contribution in [3.8, 4) is 21.0 Å². The first-order chi connectivity index (χ1) is 8.84. The number of thiophene rings is 1. The first-order valence-corrected chi connectivity index (χ1v) is 6.73. The molecular weight excluding hydrogens is 238 g/mol. The number of nitrogens with zero attached hydrogens (tertiary/aromatic N) is 1. The van der Waals surface area contributed by atoms with Gasteiger partial charge in [-0.2, -0.15) is 0 Å². The molecule has 0 amide bonds. The Bertz CT molecular complexity index is 641. The van der Waals surface area contributed by atoms with E-state index in [0.717, 1.165) is 5.69 Å². The first-order valence-electron chi connectivity index (χ1n) is 5.92. The molecule has 2 aromatic heterocycles. The van der Waals surface area contributed by atoms with Crippen molar-refractivity contribution in [3.63, 3.8) is 0 Å². The number of benzene rings is 1. The van der Waals surface area contributed by atoms with Crippen molar-refractivity contribution in [2.45, 2.75) is 6.92 Å². The molecular formula is C16H13NS. The van der Waals surface area contributed by atoms with Gasteiger partial charge in [0.2, 0.25) is 0 Å². The fourth-order valence-electron chi connectivity index (χ4n) is 1.99. The van der Waals surface area contributed by atoms with Crippen LogP contribution in [0, 0.1) is 6.92 Å². The lowest BCUT2D eigenvalue weighted by Gasteiger charge is -1.98. The molecule has 18 heavy (non-hydrogen) atoms. The lowest BCUT2D eigenvalue weighted by Crippen LogP contribution is -1.75. The highest BCUT2D eigenvalue weighted by atomic mass is 32.1. The summed E-state index contributed by atoms with van der Waals surface area (Å²) in [6, 6.07) is 18.8. The molecule has 2 heterocycles. The Morgan fingerprint density at radius 3 is 2.44 bits per heavy atom. The van der Waals surface area contributed by atoms with Crippen LogP contribution in [0.1, 0.15) is 5.56 Å². The molecule has 1 aromatic carbocycles. The van der Waals surface area contributed by atoms with E-state index in [0.29, 0.717) is 0 Å². The predicted octanol–water partition coefficient (Wildman–Crippen LogP) is 4.79. The molecule has 0 aliphatic rings. The monoisotopic (exact) mass is 251 g/mol. The molecule has 0 fully saturated rings. The van der Waals surface area contributed by atoms with E-state index in [4.69, 9.17) is 0 Å². The Kier molecular flexibility index (Phi) is 2.95. The van der Waals surface area contributed by atoms with Crippen LogP contribution in [0.5, 0.6) is 0 Å². The van der Waals surface area contributed by atoms with Gasteiger partial charge in [-0.1, -0.05) is 36.4 Å². The van der Waals surface area contributed by atoms with Gasteiger partial charge in [-0.15, -0.1) is 11.3 Å². The summed E-state index contributed by atoms with van der Waals surface area (Å²) in [5.41, 5.74) is 3.64. The van der Waals surface area contributed by atoms with E-state index in [2.05, 4.69) is 48.3 Å². The van der Waals surface area contributed by atoms with E-state index < -0.39 is 0 Å². The molecule has 0 bridgehead atoms. The molecule has 0 unspecified atom stereocenters. The van der Waals surface area contributed by atoms with Gasteiger partial charge in [0.1, 0.15) is 0 Å². The average molecular weight is 251 g/mol. The maximum Gasteiger partial charge on any atom is 0.0801 e. The van der Waals surface area contributed by atoms with Crippen LogP contribution in [-0.2, 0) is 0 Å². The van der Waals surface area contributed by atoms with Crippen LogP contribution in [-0.4, -0.2) is 4.98 Å². The van der Waals surface area contributed by atoms with Gasteiger partial charge in [-0.05, 0) is 36.2 Å². The minimum absolute atomic E-state index is 1.05. The number of hydrogen-bond donors (Lipinski definition) is 0. The third-order valence-electron chi connectivity index (χ3n) is 2.87. The van der Waals surface area contributed by atoms with Gasteiger partial charge in [0.25, 0.3) is 0 Å². The van der Waals surface area contributed by atoms with Crippen LogP contribution in [0.25, 0.3) is 21.0 Å². The summed E-state index contributed by atoms with van der Waals surface area (Å²) in [6.07, 6.45) is 1.84. The summed E-state index contributed by atoms with van der Waals surface area (Å²) in [5.74, 6) is 0. The Morgan fingerprint density at radius 1 is 0.944 bits per heavy atom. The molecule has 3 aromatic rings. The van der Waals surface area contributed by atoms with Gasteiger partial charge in [-0.3, -0.25) is 4.98 Å². The number of aryl methyl sites for hydroxylation is 1. The quantitative estimate of drug-likeness (QED) is 0.638. The molecule has 0 N–H and O–H groups in total. The van der Waals surface area contributed by atoms with E-state index in [1.165, 1.54) is 20.9 Å². The van der Waals surface area contributed by atoms with E-state index >= 15 is 0 Å². The third kappa shape index (κ3) is 2.07. The van der Waals surface area contributed by atoms with Crippen LogP contribution in [0.4, 0.5) is 0 Å². The molecule has 0 radical (unpaired) electrons. The third-order valence-corrected chi connectivity index (χ3v) is 4.18. The molecule has 0 aliphatic heterocycles. The highest BCUT2D eigenvalue weighted by Crippen LogP contribution is 2.36. The predicted molar refractivity (Wildman–Crippen MR) is 77.7 cm³/mol.